The molecule has 5 nitrogen and oxygen atoms in total. The number of hydrogen-bond acceptors (Lipinski definition) is 4. The first kappa shape index (κ1) is 13.8. The molecule has 0 atom stereocenters. The van der Waals surface area contributed by atoms with Crippen LogP contribution in [0.3, 0.4) is 0 Å². The van der Waals surface area contributed by atoms with E-state index in [9.17, 15) is 9.59 Å². The number of fused-ring (bicyclic) bond motifs is 1. The van der Waals surface area contributed by atoms with Crippen molar-refractivity contribution in [3.05, 3.63) is 45.3 Å². The lowest BCUT2D eigenvalue weighted by molar-refractivity contribution is 0.0696. The van der Waals surface area contributed by atoms with Crippen LogP contribution in [0.5, 0.6) is 0 Å². The summed E-state index contributed by atoms with van der Waals surface area (Å²) in [5.74, 6) is -1.02. The van der Waals surface area contributed by atoms with Gasteiger partial charge < -0.3 is 10.4 Å². The monoisotopic (exact) mass is 302 g/mol. The molecule has 2 N–H and O–H groups in total. The van der Waals surface area contributed by atoms with Gasteiger partial charge in [0.1, 0.15) is 5.82 Å². The molecule has 0 spiro atoms. The van der Waals surface area contributed by atoms with Crippen LogP contribution in [0.2, 0.25) is 0 Å². The van der Waals surface area contributed by atoms with Crippen molar-refractivity contribution in [1.82, 2.24) is 4.98 Å². The molecule has 1 aliphatic rings. The molecule has 1 amide bonds. The van der Waals surface area contributed by atoms with Crippen molar-refractivity contribution in [2.24, 2.45) is 0 Å². The van der Waals surface area contributed by atoms with Crippen LogP contribution in [-0.4, -0.2) is 22.0 Å². The van der Waals surface area contributed by atoms with E-state index in [4.69, 9.17) is 5.11 Å². The van der Waals surface area contributed by atoms with Crippen molar-refractivity contribution in [2.75, 3.05) is 5.32 Å². The fraction of sp³-hybridized carbons (Fsp3) is 0.267. The normalized spacial score (nSPS) is 13.5. The Bertz CT molecular complexity index is 685. The van der Waals surface area contributed by atoms with Gasteiger partial charge in [0.25, 0.3) is 5.91 Å². The molecule has 6 heteroatoms. The van der Waals surface area contributed by atoms with Gasteiger partial charge in [-0.2, -0.15) is 0 Å². The Kier molecular flexibility index (Phi) is 3.70. The van der Waals surface area contributed by atoms with Crippen molar-refractivity contribution in [3.8, 4) is 0 Å². The van der Waals surface area contributed by atoms with E-state index < -0.39 is 5.97 Å². The number of carboxylic acid groups (broad SMARTS) is 1. The highest BCUT2D eigenvalue weighted by atomic mass is 32.1. The van der Waals surface area contributed by atoms with E-state index >= 15 is 0 Å². The van der Waals surface area contributed by atoms with Crippen LogP contribution in [0.25, 0.3) is 0 Å². The molecule has 108 valence electrons. The van der Waals surface area contributed by atoms with Crippen molar-refractivity contribution >= 4 is 29.0 Å². The molecule has 2 aromatic heterocycles. The Balaban J connectivity index is 1.78. The summed E-state index contributed by atoms with van der Waals surface area (Å²) in [5, 5.41) is 11.6. The zero-order valence-electron chi connectivity index (χ0n) is 11.3. The largest absolute Gasteiger partial charge is 0.478 e. The number of aryl methyl sites for hydroxylation is 2. The Morgan fingerprint density at radius 2 is 2.05 bits per heavy atom. The van der Waals surface area contributed by atoms with Gasteiger partial charge in [-0.3, -0.25) is 4.79 Å². The summed E-state index contributed by atoms with van der Waals surface area (Å²) >= 11 is 1.52. The molecule has 0 saturated heterocycles. The number of rotatable bonds is 3. The van der Waals surface area contributed by atoms with Crippen molar-refractivity contribution < 1.29 is 14.7 Å². The van der Waals surface area contributed by atoms with Crippen LogP contribution in [0.1, 0.15) is 43.3 Å². The number of hydrogen-bond donors (Lipinski definition) is 2. The number of carbonyl (C=O) groups excluding carboxylic acids is 1. The smallest absolute Gasteiger partial charge is 0.335 e. The zero-order valence-corrected chi connectivity index (χ0v) is 12.1. The first-order valence-electron chi connectivity index (χ1n) is 6.76. The van der Waals surface area contributed by atoms with Crippen LogP contribution in [0.15, 0.2) is 24.4 Å². The third-order valence-electron chi connectivity index (χ3n) is 3.47. The number of nitrogens with one attached hydrogen (secondary N) is 1. The second kappa shape index (κ2) is 5.65. The third kappa shape index (κ3) is 2.95. The van der Waals surface area contributed by atoms with E-state index in [1.54, 1.807) is 0 Å². The minimum Gasteiger partial charge on any atom is -0.478 e. The molecule has 0 fully saturated rings. The molecule has 0 bridgehead atoms. The predicted octanol–water partition coefficient (Wildman–Crippen LogP) is 2.97. The van der Waals surface area contributed by atoms with Crippen molar-refractivity contribution in [2.45, 2.75) is 25.7 Å². The molecule has 0 saturated carbocycles. The SMILES string of the molecule is O=C(O)c1ccnc(NC(=O)c2cc3c(s2)CCCC3)c1. The summed E-state index contributed by atoms with van der Waals surface area (Å²) < 4.78 is 0. The summed E-state index contributed by atoms with van der Waals surface area (Å²) in [6.07, 6.45) is 5.80. The number of carbonyl (C=O) groups is 2. The number of nitrogens with zero attached hydrogens (tertiary/aromatic N) is 1. The summed E-state index contributed by atoms with van der Waals surface area (Å²) in [6, 6.07) is 4.69. The predicted molar refractivity (Wildman–Crippen MR) is 80.1 cm³/mol. The van der Waals surface area contributed by atoms with Crippen LogP contribution in [-0.2, 0) is 12.8 Å². The fourth-order valence-corrected chi connectivity index (χ4v) is 3.56. The molecule has 3 rings (SSSR count). The lowest BCUT2D eigenvalue weighted by Crippen LogP contribution is -2.12. The second-order valence-electron chi connectivity index (χ2n) is 4.96. The second-order valence-corrected chi connectivity index (χ2v) is 6.09. The molecule has 2 aromatic rings. The van der Waals surface area contributed by atoms with Gasteiger partial charge in [0.2, 0.25) is 0 Å². The van der Waals surface area contributed by atoms with Gasteiger partial charge in [-0.15, -0.1) is 11.3 Å². The third-order valence-corrected chi connectivity index (χ3v) is 4.70. The molecular formula is C15H14N2O3S. The average molecular weight is 302 g/mol. The Hall–Kier alpha value is -2.21. The summed E-state index contributed by atoms with van der Waals surface area (Å²) in [6.45, 7) is 0. The van der Waals surface area contributed by atoms with Crippen LogP contribution < -0.4 is 5.32 Å². The van der Waals surface area contributed by atoms with Gasteiger partial charge in [-0.1, -0.05) is 0 Å². The molecule has 2 heterocycles. The van der Waals surface area contributed by atoms with E-state index in [1.807, 2.05) is 6.07 Å². The summed E-state index contributed by atoms with van der Waals surface area (Å²) in [7, 11) is 0. The highest BCUT2D eigenvalue weighted by Gasteiger charge is 2.17. The molecule has 0 radical (unpaired) electrons. The minimum absolute atomic E-state index is 0.103. The zero-order chi connectivity index (χ0) is 14.8. The molecule has 0 aromatic carbocycles. The van der Waals surface area contributed by atoms with Crippen LogP contribution >= 0.6 is 11.3 Å². The molecule has 0 aliphatic heterocycles. The number of pyridine rings is 1. The Labute approximate surface area is 125 Å². The Morgan fingerprint density at radius 3 is 2.81 bits per heavy atom. The maximum Gasteiger partial charge on any atom is 0.335 e. The summed E-state index contributed by atoms with van der Waals surface area (Å²) in [5.41, 5.74) is 1.37. The van der Waals surface area contributed by atoms with E-state index in [2.05, 4.69) is 10.3 Å². The van der Waals surface area contributed by atoms with E-state index in [-0.39, 0.29) is 17.3 Å². The van der Waals surface area contributed by atoms with Gasteiger partial charge in [0, 0.05) is 11.1 Å². The highest BCUT2D eigenvalue weighted by Crippen LogP contribution is 2.30. The van der Waals surface area contributed by atoms with Gasteiger partial charge in [-0.05, 0) is 49.4 Å². The summed E-state index contributed by atoms with van der Waals surface area (Å²) in [4.78, 5) is 29.1. The number of amides is 1. The first-order valence-corrected chi connectivity index (χ1v) is 7.57. The fourth-order valence-electron chi connectivity index (χ4n) is 2.41. The highest BCUT2D eigenvalue weighted by molar-refractivity contribution is 7.14. The van der Waals surface area contributed by atoms with Crippen LogP contribution in [0.4, 0.5) is 5.82 Å². The van der Waals surface area contributed by atoms with Crippen molar-refractivity contribution in [1.29, 1.82) is 0 Å². The maximum atomic E-state index is 12.2. The maximum absolute atomic E-state index is 12.2. The van der Waals surface area contributed by atoms with Gasteiger partial charge in [0.05, 0.1) is 10.4 Å². The van der Waals surface area contributed by atoms with Crippen molar-refractivity contribution in [3.63, 3.8) is 0 Å². The molecule has 0 unspecified atom stereocenters. The number of anilines is 1. The van der Waals surface area contributed by atoms with Crippen LogP contribution in [0, 0.1) is 0 Å². The number of carboxylic acids is 1. The quantitative estimate of drug-likeness (QED) is 0.913. The number of aromatic carboxylic acids is 1. The standard InChI is InChI=1S/C15H14N2O3S/c18-14(12-7-9-3-1-2-4-11(9)21-12)17-13-8-10(15(19)20)5-6-16-13/h5-8H,1-4H2,(H,19,20)(H,16,17,18). The van der Waals surface area contributed by atoms with E-state index in [0.29, 0.717) is 4.88 Å². The molecule has 1 aliphatic carbocycles. The van der Waals surface area contributed by atoms with Gasteiger partial charge in [-0.25, -0.2) is 9.78 Å². The first-order chi connectivity index (χ1) is 10.1. The number of thiophene rings is 1. The number of aromatic nitrogens is 1. The lowest BCUT2D eigenvalue weighted by Gasteiger charge is -2.08. The minimum atomic E-state index is -1.04. The average Bonchev–Trinajstić information content (AvgIpc) is 2.91. The molecular weight excluding hydrogens is 288 g/mol. The topological polar surface area (TPSA) is 79.3 Å². The lowest BCUT2D eigenvalue weighted by atomic mass is 9.99. The Morgan fingerprint density at radius 1 is 1.24 bits per heavy atom. The van der Waals surface area contributed by atoms with Gasteiger partial charge in [0.15, 0.2) is 0 Å². The van der Waals surface area contributed by atoms with Gasteiger partial charge >= 0.3 is 5.97 Å². The van der Waals surface area contributed by atoms with E-state index in [1.165, 1.54) is 52.9 Å². The van der Waals surface area contributed by atoms with E-state index in [0.717, 1.165) is 12.8 Å². The molecule has 21 heavy (non-hydrogen) atoms.